The van der Waals surface area contributed by atoms with Crippen LogP contribution in [0.2, 0.25) is 0 Å². The van der Waals surface area contributed by atoms with Crippen molar-refractivity contribution in [2.24, 2.45) is 11.8 Å². The number of fused-ring (bicyclic) bond motifs is 1. The number of carboxylic acids is 1. The zero-order valence-electron chi connectivity index (χ0n) is 19.8. The second-order valence-corrected chi connectivity index (χ2v) is 9.27. The molecule has 1 aromatic rings. The Morgan fingerprint density at radius 2 is 1.78 bits per heavy atom. The number of hydrogen-bond donors (Lipinski definition) is 7. The molecule has 202 valence electrons. The van der Waals surface area contributed by atoms with Crippen LogP contribution in [0.3, 0.4) is 0 Å². The summed E-state index contributed by atoms with van der Waals surface area (Å²) in [7, 11) is 0. The number of aliphatic hydroxyl groups is 5. The van der Waals surface area contributed by atoms with Crippen LogP contribution < -0.4 is 5.32 Å². The van der Waals surface area contributed by atoms with E-state index in [1.807, 2.05) is 0 Å². The average Bonchev–Trinajstić information content (AvgIpc) is 3.34. The quantitative estimate of drug-likeness (QED) is 0.185. The molecule has 2 aliphatic heterocycles. The Morgan fingerprint density at radius 1 is 1.05 bits per heavy atom. The number of ether oxygens (including phenoxy) is 3. The van der Waals surface area contributed by atoms with Crippen molar-refractivity contribution in [1.29, 1.82) is 0 Å². The molecule has 0 aromatic heterocycles. The molecule has 1 saturated heterocycles. The molecule has 12 heteroatoms. The van der Waals surface area contributed by atoms with Crippen molar-refractivity contribution >= 4 is 11.9 Å². The van der Waals surface area contributed by atoms with E-state index in [1.165, 1.54) is 0 Å². The smallest absolute Gasteiger partial charge is 0.326 e. The van der Waals surface area contributed by atoms with Gasteiger partial charge in [-0.3, -0.25) is 4.79 Å². The first-order valence-electron chi connectivity index (χ1n) is 11.9. The molecule has 0 radical (unpaired) electrons. The monoisotopic (exact) mass is 521 g/mol. The van der Waals surface area contributed by atoms with Crippen molar-refractivity contribution < 1.29 is 54.4 Å². The molecule has 1 amide bonds. The molecule has 37 heavy (non-hydrogen) atoms. The van der Waals surface area contributed by atoms with Crippen LogP contribution in [0.25, 0.3) is 0 Å². The van der Waals surface area contributed by atoms with Crippen LogP contribution in [-0.2, 0) is 30.2 Å². The molecule has 0 spiro atoms. The van der Waals surface area contributed by atoms with Crippen molar-refractivity contribution in [3.8, 4) is 0 Å². The summed E-state index contributed by atoms with van der Waals surface area (Å²) in [6.07, 6.45) is -5.39. The summed E-state index contributed by atoms with van der Waals surface area (Å²) in [6, 6.07) is 7.68. The van der Waals surface area contributed by atoms with Crippen LogP contribution in [0.1, 0.15) is 12.0 Å². The van der Waals surface area contributed by atoms with E-state index in [1.54, 1.807) is 36.4 Å². The number of amides is 1. The lowest BCUT2D eigenvalue weighted by Gasteiger charge is -2.43. The van der Waals surface area contributed by atoms with Gasteiger partial charge in [0.2, 0.25) is 6.29 Å². The van der Waals surface area contributed by atoms with E-state index in [0.717, 1.165) is 11.8 Å². The van der Waals surface area contributed by atoms with Crippen molar-refractivity contribution in [2.75, 3.05) is 13.2 Å². The van der Waals surface area contributed by atoms with Gasteiger partial charge >= 0.3 is 5.97 Å². The van der Waals surface area contributed by atoms with Gasteiger partial charge in [0.05, 0.1) is 31.0 Å². The van der Waals surface area contributed by atoms with Gasteiger partial charge in [-0.15, -0.1) is 0 Å². The van der Waals surface area contributed by atoms with Crippen LogP contribution in [0.4, 0.5) is 0 Å². The number of carboxylic acid groups (broad SMARTS) is 1. The maximum Gasteiger partial charge on any atom is 0.326 e. The molecule has 3 aliphatic rings. The summed E-state index contributed by atoms with van der Waals surface area (Å²) in [6.45, 7) is -0.998. The lowest BCUT2D eigenvalue weighted by Crippen LogP contribution is -2.60. The molecule has 1 fully saturated rings. The number of carbonyl (C=O) groups is 2. The van der Waals surface area contributed by atoms with Crippen molar-refractivity contribution in [3.63, 3.8) is 0 Å². The number of aliphatic carboxylic acids is 1. The van der Waals surface area contributed by atoms with Crippen LogP contribution >= 0.6 is 0 Å². The Balaban J connectivity index is 1.50. The van der Waals surface area contributed by atoms with Gasteiger partial charge in [0.1, 0.15) is 30.5 Å². The van der Waals surface area contributed by atoms with E-state index in [4.69, 9.17) is 14.2 Å². The predicted octanol–water partition coefficient (Wildman–Crippen LogP) is -1.59. The van der Waals surface area contributed by atoms with E-state index in [2.05, 4.69) is 5.32 Å². The Hall–Kier alpha value is -2.84. The van der Waals surface area contributed by atoms with Crippen LogP contribution in [-0.4, -0.2) is 98.8 Å². The summed E-state index contributed by atoms with van der Waals surface area (Å²) >= 11 is 0. The molecule has 0 unspecified atom stereocenters. The third-order valence-electron chi connectivity index (χ3n) is 6.96. The maximum absolute atomic E-state index is 13.1. The normalized spacial score (nSPS) is 34.0. The summed E-state index contributed by atoms with van der Waals surface area (Å²) < 4.78 is 16.8. The van der Waals surface area contributed by atoms with Gasteiger partial charge in [-0.2, -0.15) is 0 Å². The number of rotatable bonds is 9. The molecule has 1 aliphatic carbocycles. The minimum absolute atomic E-state index is 0.0765. The fourth-order valence-electron chi connectivity index (χ4n) is 4.93. The Labute approximate surface area is 212 Å². The molecule has 2 heterocycles. The third-order valence-corrected chi connectivity index (χ3v) is 6.96. The van der Waals surface area contributed by atoms with E-state index in [-0.39, 0.29) is 18.6 Å². The van der Waals surface area contributed by atoms with Crippen molar-refractivity contribution in [1.82, 2.24) is 5.32 Å². The molecule has 0 saturated carbocycles. The molecule has 7 N–H and O–H groups in total. The standard InChI is InChI=1S/C25H31NO11/c27-9-13-6-7-14-15(22(32)26-16(23(33)34)8-12-4-2-1-3-5-12)11-35-24(18(13)14)37-25-21(31)20(30)19(29)17(10-28)36-25/h1-6,11,14,16-21,24-25,27-31H,7-10H2,(H,26,32)(H,33,34)/t14-,16+,17-,18-,19-,20+,21-,24+,25+/m1/s1. The van der Waals surface area contributed by atoms with E-state index >= 15 is 0 Å². The van der Waals surface area contributed by atoms with E-state index < -0.39 is 73.4 Å². The van der Waals surface area contributed by atoms with E-state index in [9.17, 15) is 40.2 Å². The summed E-state index contributed by atoms with van der Waals surface area (Å²) in [4.78, 5) is 25.0. The minimum atomic E-state index is -1.66. The molecule has 9 atom stereocenters. The van der Waals surface area contributed by atoms with Gasteiger partial charge in [0, 0.05) is 12.3 Å². The fraction of sp³-hybridized carbons (Fsp3) is 0.520. The fourth-order valence-corrected chi connectivity index (χ4v) is 4.93. The predicted molar refractivity (Wildman–Crippen MR) is 124 cm³/mol. The van der Waals surface area contributed by atoms with Gasteiger partial charge in [-0.25, -0.2) is 4.79 Å². The Morgan fingerprint density at radius 3 is 2.43 bits per heavy atom. The van der Waals surface area contributed by atoms with Crippen LogP contribution in [0.15, 0.2) is 53.8 Å². The van der Waals surface area contributed by atoms with Gasteiger partial charge in [-0.05, 0) is 17.6 Å². The highest BCUT2D eigenvalue weighted by Gasteiger charge is 2.49. The first-order chi connectivity index (χ1) is 17.7. The summed E-state index contributed by atoms with van der Waals surface area (Å²) in [5.41, 5.74) is 1.41. The Bertz CT molecular complexity index is 1030. The number of benzene rings is 1. The van der Waals surface area contributed by atoms with Crippen molar-refractivity contribution in [2.45, 2.75) is 55.9 Å². The van der Waals surface area contributed by atoms with Crippen LogP contribution in [0.5, 0.6) is 0 Å². The lowest BCUT2D eigenvalue weighted by atomic mass is 9.83. The zero-order valence-corrected chi connectivity index (χ0v) is 19.8. The lowest BCUT2D eigenvalue weighted by molar-refractivity contribution is -0.339. The molecule has 4 rings (SSSR count). The largest absolute Gasteiger partial charge is 0.480 e. The highest BCUT2D eigenvalue weighted by atomic mass is 16.8. The first kappa shape index (κ1) is 27.2. The minimum Gasteiger partial charge on any atom is -0.480 e. The number of nitrogens with one attached hydrogen (secondary N) is 1. The third kappa shape index (κ3) is 5.70. The summed E-state index contributed by atoms with van der Waals surface area (Å²) in [5.74, 6) is -3.05. The summed E-state index contributed by atoms with van der Waals surface area (Å²) in [5, 5.41) is 61.9. The maximum atomic E-state index is 13.1. The van der Waals surface area contributed by atoms with Gasteiger partial charge in [-0.1, -0.05) is 36.4 Å². The van der Waals surface area contributed by atoms with Gasteiger partial charge in [0.25, 0.3) is 5.91 Å². The number of aliphatic hydroxyl groups excluding tert-OH is 5. The number of hydrogen-bond acceptors (Lipinski definition) is 10. The highest BCUT2D eigenvalue weighted by molar-refractivity contribution is 5.96. The SMILES string of the molecule is O=C(N[C@@H](Cc1ccccc1)C(=O)O)C1=CO[C@@H](O[C@@H]2O[C@H](CO)[C@@H](O)[C@H](O)[C@H]2O)[C@@H]2C(CO)=CC[C@H]12. The second-order valence-electron chi connectivity index (χ2n) is 9.27. The van der Waals surface area contributed by atoms with Gasteiger partial charge in [0.15, 0.2) is 6.29 Å². The molecule has 1 aromatic carbocycles. The topological polar surface area (TPSA) is 195 Å². The first-order valence-corrected chi connectivity index (χ1v) is 11.9. The molecular formula is C25H31NO11. The Kier molecular flexibility index (Phi) is 8.60. The van der Waals surface area contributed by atoms with Crippen LogP contribution in [0, 0.1) is 11.8 Å². The number of carbonyl (C=O) groups excluding carboxylic acids is 1. The average molecular weight is 522 g/mol. The molecular weight excluding hydrogens is 490 g/mol. The van der Waals surface area contributed by atoms with Gasteiger partial charge < -0.3 is 50.2 Å². The second kappa shape index (κ2) is 11.7. The molecule has 12 nitrogen and oxygen atoms in total. The zero-order chi connectivity index (χ0) is 26.7. The number of allylic oxidation sites excluding steroid dienone is 1. The van der Waals surface area contributed by atoms with Crippen molar-refractivity contribution in [3.05, 3.63) is 59.4 Å². The molecule has 0 bridgehead atoms. The van der Waals surface area contributed by atoms with E-state index in [0.29, 0.717) is 12.0 Å². The highest BCUT2D eigenvalue weighted by Crippen LogP contribution is 2.44.